The van der Waals surface area contributed by atoms with Gasteiger partial charge in [-0.1, -0.05) is 0 Å². The fourth-order valence-corrected chi connectivity index (χ4v) is 3.20. The first-order valence-electron chi connectivity index (χ1n) is 7.47. The number of rotatable bonds is 10. The van der Waals surface area contributed by atoms with Gasteiger partial charge in [0, 0.05) is 26.8 Å². The van der Waals surface area contributed by atoms with Crippen LogP contribution >= 0.6 is 0 Å². The van der Waals surface area contributed by atoms with Gasteiger partial charge in [0.1, 0.15) is 16.5 Å². The van der Waals surface area contributed by atoms with E-state index in [1.165, 1.54) is 20.2 Å². The second-order valence-corrected chi connectivity index (χ2v) is 6.97. The lowest BCUT2D eigenvalue weighted by atomic mass is 10.3. The van der Waals surface area contributed by atoms with E-state index in [2.05, 4.69) is 5.32 Å². The van der Waals surface area contributed by atoms with Crippen LogP contribution in [-0.2, 0) is 19.6 Å². The Bertz CT molecular complexity index is 651. The molecule has 1 amide bonds. The number of hydrogen-bond acceptors (Lipinski definition) is 5. The van der Waals surface area contributed by atoms with Crippen LogP contribution in [-0.4, -0.2) is 59.1 Å². The number of hydrogen-bond donors (Lipinski definition) is 1. The predicted octanol–water partition coefficient (Wildman–Crippen LogP) is 0.998. The number of carbonyl (C=O) groups is 1. The maximum Gasteiger partial charge on any atom is 0.247 e. The Morgan fingerprint density at radius 3 is 2.71 bits per heavy atom. The van der Waals surface area contributed by atoms with E-state index in [1.807, 2.05) is 6.92 Å². The number of nitrogens with one attached hydrogen (secondary N) is 1. The summed E-state index contributed by atoms with van der Waals surface area (Å²) in [5.41, 5.74) is 0. The second kappa shape index (κ2) is 9.55. The molecular formula is C15H23FN2O5S. The molecule has 0 spiro atoms. The number of ether oxygens (including phenoxy) is 2. The van der Waals surface area contributed by atoms with Crippen LogP contribution < -0.4 is 10.1 Å². The zero-order chi connectivity index (χ0) is 18.2. The van der Waals surface area contributed by atoms with E-state index in [-0.39, 0.29) is 17.2 Å². The zero-order valence-corrected chi connectivity index (χ0v) is 14.9. The topological polar surface area (TPSA) is 84.9 Å². The Hall–Kier alpha value is -1.71. The molecule has 0 heterocycles. The predicted molar refractivity (Wildman–Crippen MR) is 86.9 cm³/mol. The largest absolute Gasteiger partial charge is 0.495 e. The van der Waals surface area contributed by atoms with Crippen molar-refractivity contribution in [1.29, 1.82) is 0 Å². The number of methoxy groups -OCH3 is 1. The number of halogens is 1. The van der Waals surface area contributed by atoms with Gasteiger partial charge >= 0.3 is 0 Å². The van der Waals surface area contributed by atoms with E-state index in [1.54, 1.807) is 0 Å². The number of carbonyl (C=O) groups excluding carboxylic acids is 1. The fourth-order valence-electron chi connectivity index (χ4n) is 1.91. The van der Waals surface area contributed by atoms with Gasteiger partial charge in [0.2, 0.25) is 15.9 Å². The molecule has 24 heavy (non-hydrogen) atoms. The molecule has 1 aromatic carbocycles. The van der Waals surface area contributed by atoms with Gasteiger partial charge < -0.3 is 14.8 Å². The average molecular weight is 362 g/mol. The van der Waals surface area contributed by atoms with Gasteiger partial charge in [-0.3, -0.25) is 4.79 Å². The fraction of sp³-hybridized carbons (Fsp3) is 0.533. The van der Waals surface area contributed by atoms with E-state index in [9.17, 15) is 17.6 Å². The van der Waals surface area contributed by atoms with Crippen molar-refractivity contribution in [3.63, 3.8) is 0 Å². The molecular weight excluding hydrogens is 339 g/mol. The molecule has 0 atom stereocenters. The van der Waals surface area contributed by atoms with Crippen LogP contribution in [0.5, 0.6) is 5.75 Å². The van der Waals surface area contributed by atoms with E-state index in [0.29, 0.717) is 26.2 Å². The molecule has 0 bridgehead atoms. The van der Waals surface area contributed by atoms with Crippen molar-refractivity contribution in [3.8, 4) is 5.75 Å². The third kappa shape index (κ3) is 5.73. The van der Waals surface area contributed by atoms with E-state index < -0.39 is 21.7 Å². The van der Waals surface area contributed by atoms with Crippen LogP contribution in [0, 0.1) is 5.82 Å². The first-order valence-corrected chi connectivity index (χ1v) is 8.91. The highest BCUT2D eigenvalue weighted by molar-refractivity contribution is 7.89. The summed E-state index contributed by atoms with van der Waals surface area (Å²) in [7, 11) is -1.52. The SMILES string of the molecule is CCOCCCNC(=O)CN(C)S(=O)(=O)c1cc(F)ccc1OC. The highest BCUT2D eigenvalue weighted by atomic mass is 32.2. The first kappa shape index (κ1) is 20.3. The van der Waals surface area contributed by atoms with Crippen molar-refractivity contribution in [2.45, 2.75) is 18.2 Å². The molecule has 1 aromatic rings. The van der Waals surface area contributed by atoms with Gasteiger partial charge in [-0.15, -0.1) is 0 Å². The van der Waals surface area contributed by atoms with E-state index in [0.717, 1.165) is 16.4 Å². The zero-order valence-electron chi connectivity index (χ0n) is 14.0. The summed E-state index contributed by atoms with van der Waals surface area (Å²) >= 11 is 0. The minimum atomic E-state index is -4.06. The maximum absolute atomic E-state index is 13.4. The summed E-state index contributed by atoms with van der Waals surface area (Å²) in [5.74, 6) is -1.14. The number of amides is 1. The van der Waals surface area contributed by atoms with Crippen LogP contribution in [0.3, 0.4) is 0 Å². The Kier molecular flexibility index (Phi) is 8.09. The van der Waals surface area contributed by atoms with Gasteiger partial charge in [-0.2, -0.15) is 4.31 Å². The van der Waals surface area contributed by atoms with Crippen LogP contribution in [0.2, 0.25) is 0 Å². The summed E-state index contributed by atoms with van der Waals surface area (Å²) in [4.78, 5) is 11.5. The molecule has 0 saturated heterocycles. The van der Waals surface area contributed by atoms with Gasteiger partial charge in [0.25, 0.3) is 0 Å². The van der Waals surface area contributed by atoms with Crippen molar-refractivity contribution in [2.75, 3.05) is 40.5 Å². The van der Waals surface area contributed by atoms with Crippen molar-refractivity contribution in [1.82, 2.24) is 9.62 Å². The van der Waals surface area contributed by atoms with Gasteiger partial charge in [-0.05, 0) is 31.5 Å². The van der Waals surface area contributed by atoms with Crippen LogP contribution in [0.15, 0.2) is 23.1 Å². The van der Waals surface area contributed by atoms with E-state index >= 15 is 0 Å². The minimum Gasteiger partial charge on any atom is -0.495 e. The molecule has 7 nitrogen and oxygen atoms in total. The number of likely N-dealkylation sites (N-methyl/N-ethyl adjacent to an activating group) is 1. The third-order valence-corrected chi connectivity index (χ3v) is 5.00. The second-order valence-electron chi connectivity index (χ2n) is 4.96. The van der Waals surface area contributed by atoms with E-state index in [4.69, 9.17) is 9.47 Å². The van der Waals surface area contributed by atoms with Gasteiger partial charge in [-0.25, -0.2) is 12.8 Å². The van der Waals surface area contributed by atoms with Crippen LogP contribution in [0.25, 0.3) is 0 Å². The van der Waals surface area contributed by atoms with Crippen molar-refractivity contribution >= 4 is 15.9 Å². The average Bonchev–Trinajstić information content (AvgIpc) is 2.54. The molecule has 0 unspecified atom stereocenters. The van der Waals surface area contributed by atoms with Crippen molar-refractivity contribution in [3.05, 3.63) is 24.0 Å². The molecule has 0 saturated carbocycles. The maximum atomic E-state index is 13.4. The molecule has 0 aromatic heterocycles. The normalized spacial score (nSPS) is 11.5. The highest BCUT2D eigenvalue weighted by Crippen LogP contribution is 2.26. The standard InChI is InChI=1S/C15H23FN2O5S/c1-4-23-9-5-8-17-15(19)11-18(2)24(20,21)14-10-12(16)6-7-13(14)22-3/h6-7,10H,4-5,8-9,11H2,1-3H3,(H,17,19). The first-order chi connectivity index (χ1) is 11.3. The number of sulfonamides is 1. The molecule has 0 aliphatic carbocycles. The smallest absolute Gasteiger partial charge is 0.247 e. The molecule has 0 radical (unpaired) electrons. The molecule has 1 N–H and O–H groups in total. The molecule has 0 fully saturated rings. The molecule has 0 aliphatic rings. The summed E-state index contributed by atoms with van der Waals surface area (Å²) < 4.78 is 49.3. The number of benzene rings is 1. The number of nitrogens with zero attached hydrogens (tertiary/aromatic N) is 1. The van der Waals surface area contributed by atoms with Crippen LogP contribution in [0.4, 0.5) is 4.39 Å². The Morgan fingerprint density at radius 1 is 1.38 bits per heavy atom. The lowest BCUT2D eigenvalue weighted by Crippen LogP contribution is -2.39. The Labute approximate surface area is 141 Å². The molecule has 9 heteroatoms. The highest BCUT2D eigenvalue weighted by Gasteiger charge is 2.26. The summed E-state index contributed by atoms with van der Waals surface area (Å²) in [6.45, 7) is 3.00. The summed E-state index contributed by atoms with van der Waals surface area (Å²) in [5, 5.41) is 2.61. The van der Waals surface area contributed by atoms with Crippen molar-refractivity contribution in [2.24, 2.45) is 0 Å². The van der Waals surface area contributed by atoms with Crippen LogP contribution in [0.1, 0.15) is 13.3 Å². The molecule has 1 rings (SSSR count). The summed E-state index contributed by atoms with van der Waals surface area (Å²) in [6, 6.07) is 3.19. The molecule has 0 aliphatic heterocycles. The Balaban J connectivity index is 2.70. The van der Waals surface area contributed by atoms with Crippen molar-refractivity contribution < 1.29 is 27.1 Å². The quantitative estimate of drug-likeness (QED) is 0.628. The third-order valence-electron chi connectivity index (χ3n) is 3.17. The minimum absolute atomic E-state index is 0.0142. The Morgan fingerprint density at radius 2 is 2.08 bits per heavy atom. The van der Waals surface area contributed by atoms with Gasteiger partial charge in [0.15, 0.2) is 0 Å². The lowest BCUT2D eigenvalue weighted by molar-refractivity contribution is -0.121. The monoisotopic (exact) mass is 362 g/mol. The lowest BCUT2D eigenvalue weighted by Gasteiger charge is -2.18. The summed E-state index contributed by atoms with van der Waals surface area (Å²) in [6.07, 6.45) is 0.633. The van der Waals surface area contributed by atoms with Gasteiger partial charge in [0.05, 0.1) is 13.7 Å². The molecule has 136 valence electrons.